The van der Waals surface area contributed by atoms with Crippen LogP contribution < -0.4 is 21.0 Å². The Morgan fingerprint density at radius 2 is 0.880 bits per heavy atom. The van der Waals surface area contributed by atoms with Crippen LogP contribution in [0.15, 0.2) is 91.0 Å². The fraction of sp³-hybridized carbons (Fsp3) is 0.217. The third-order valence-corrected chi connectivity index (χ3v) is 8.81. The van der Waals surface area contributed by atoms with E-state index in [0.717, 1.165) is 0 Å². The number of rotatable bonds is 5. The Morgan fingerprint density at radius 1 is 0.600 bits per heavy atom. The summed E-state index contributed by atoms with van der Waals surface area (Å²) < 4.78 is 0. The molecule has 3 aromatic carbocycles. The maximum atomic E-state index is 8.93. The van der Waals surface area contributed by atoms with Crippen LogP contribution in [0.25, 0.3) is 0 Å². The van der Waals surface area contributed by atoms with Gasteiger partial charge in [-0.3, -0.25) is 0 Å². The standard InChI is InChI=1S/C21H22P.C2H5O/c1-2-18-22(19-12-6-3-7-13-19,20-14-8-4-9-15-20)21-16-10-5-11-17-21;1-2-3/h3-17H,2,18H2,1H3;2H2,1H3/q+1;-1. The van der Waals surface area contributed by atoms with E-state index in [1.807, 2.05) is 0 Å². The highest BCUT2D eigenvalue weighted by molar-refractivity contribution is 7.95. The lowest BCUT2D eigenvalue weighted by Crippen LogP contribution is -2.33. The molecule has 0 aliphatic heterocycles. The molecule has 0 aromatic heterocycles. The Kier molecular flexibility index (Phi) is 7.85. The van der Waals surface area contributed by atoms with Gasteiger partial charge in [-0.25, -0.2) is 0 Å². The number of benzene rings is 3. The van der Waals surface area contributed by atoms with Gasteiger partial charge in [-0.2, -0.15) is 0 Å². The zero-order chi connectivity index (χ0) is 18.0. The molecular weight excluding hydrogens is 323 g/mol. The second-order valence-electron chi connectivity index (χ2n) is 5.83. The van der Waals surface area contributed by atoms with Crippen molar-refractivity contribution in [2.24, 2.45) is 0 Å². The molecule has 0 N–H and O–H groups in total. The van der Waals surface area contributed by atoms with E-state index >= 15 is 0 Å². The average Bonchev–Trinajstić information content (AvgIpc) is 2.69. The van der Waals surface area contributed by atoms with Gasteiger partial charge in [-0.05, 0) is 42.8 Å². The SMILES string of the molecule is CCC[P+](c1ccccc1)(c1ccccc1)c1ccccc1.CC[O-]. The second kappa shape index (κ2) is 10.1. The predicted molar refractivity (Wildman–Crippen MR) is 111 cm³/mol. The van der Waals surface area contributed by atoms with Crippen LogP contribution in [0.5, 0.6) is 0 Å². The van der Waals surface area contributed by atoms with Gasteiger partial charge in [-0.15, -0.1) is 6.61 Å². The molecule has 0 saturated heterocycles. The van der Waals surface area contributed by atoms with Crippen LogP contribution in [0.1, 0.15) is 20.3 Å². The first kappa shape index (κ1) is 19.4. The highest BCUT2D eigenvalue weighted by Crippen LogP contribution is 2.55. The quantitative estimate of drug-likeness (QED) is 0.643. The average molecular weight is 350 g/mol. The molecule has 0 unspecified atom stereocenters. The third-order valence-electron chi connectivity index (χ3n) is 4.15. The molecule has 0 heterocycles. The summed E-state index contributed by atoms with van der Waals surface area (Å²) in [4.78, 5) is 0. The Labute approximate surface area is 152 Å². The van der Waals surface area contributed by atoms with Crippen molar-refractivity contribution in [2.75, 3.05) is 12.8 Å². The van der Waals surface area contributed by atoms with Crippen molar-refractivity contribution in [1.29, 1.82) is 0 Å². The van der Waals surface area contributed by atoms with Crippen LogP contribution in [0.3, 0.4) is 0 Å². The Morgan fingerprint density at radius 3 is 1.12 bits per heavy atom. The van der Waals surface area contributed by atoms with Gasteiger partial charge in [0.2, 0.25) is 0 Å². The van der Waals surface area contributed by atoms with E-state index in [1.165, 1.54) is 28.5 Å². The minimum atomic E-state index is -1.55. The third kappa shape index (κ3) is 4.57. The van der Waals surface area contributed by atoms with Crippen LogP contribution in [0.2, 0.25) is 0 Å². The molecule has 0 amide bonds. The first-order valence-corrected chi connectivity index (χ1v) is 10.9. The van der Waals surface area contributed by atoms with E-state index in [-0.39, 0.29) is 6.61 Å². The van der Waals surface area contributed by atoms with Gasteiger partial charge in [-0.1, -0.05) is 68.4 Å². The van der Waals surface area contributed by atoms with Crippen LogP contribution in [-0.2, 0) is 0 Å². The minimum Gasteiger partial charge on any atom is -0.855 e. The highest BCUT2D eigenvalue weighted by Gasteiger charge is 2.43. The number of hydrogen-bond acceptors (Lipinski definition) is 1. The van der Waals surface area contributed by atoms with Gasteiger partial charge in [0.25, 0.3) is 0 Å². The summed E-state index contributed by atoms with van der Waals surface area (Å²) >= 11 is 0. The molecule has 0 saturated carbocycles. The largest absolute Gasteiger partial charge is 0.855 e. The number of hydrogen-bond donors (Lipinski definition) is 0. The molecule has 0 radical (unpaired) electrons. The molecule has 3 aromatic rings. The molecule has 0 spiro atoms. The van der Waals surface area contributed by atoms with Crippen molar-refractivity contribution in [3.63, 3.8) is 0 Å². The summed E-state index contributed by atoms with van der Waals surface area (Å²) in [6.07, 6.45) is 2.40. The van der Waals surface area contributed by atoms with Gasteiger partial charge < -0.3 is 5.11 Å². The smallest absolute Gasteiger partial charge is 0.112 e. The molecular formula is C23H27OP. The first-order valence-electron chi connectivity index (χ1n) is 8.92. The zero-order valence-corrected chi connectivity index (χ0v) is 16.0. The summed E-state index contributed by atoms with van der Waals surface area (Å²) in [6.45, 7) is 3.86. The predicted octanol–water partition coefficient (Wildman–Crippen LogP) is 3.76. The zero-order valence-electron chi connectivity index (χ0n) is 15.1. The molecule has 0 aliphatic rings. The van der Waals surface area contributed by atoms with Crippen LogP contribution in [0.4, 0.5) is 0 Å². The molecule has 2 heteroatoms. The lowest BCUT2D eigenvalue weighted by molar-refractivity contribution is -0.361. The van der Waals surface area contributed by atoms with E-state index in [9.17, 15) is 0 Å². The highest BCUT2D eigenvalue weighted by atomic mass is 31.2. The van der Waals surface area contributed by atoms with Gasteiger partial charge in [0.05, 0.1) is 6.16 Å². The van der Waals surface area contributed by atoms with Gasteiger partial charge in [0.15, 0.2) is 0 Å². The normalized spacial score (nSPS) is 10.7. The maximum Gasteiger partial charge on any atom is 0.112 e. The van der Waals surface area contributed by atoms with Crippen LogP contribution >= 0.6 is 7.26 Å². The van der Waals surface area contributed by atoms with Gasteiger partial charge in [0, 0.05) is 0 Å². The molecule has 0 aliphatic carbocycles. The van der Waals surface area contributed by atoms with E-state index in [1.54, 1.807) is 6.92 Å². The lowest BCUT2D eigenvalue weighted by Gasteiger charge is -2.27. The van der Waals surface area contributed by atoms with E-state index in [0.29, 0.717) is 0 Å². The summed E-state index contributed by atoms with van der Waals surface area (Å²) in [7, 11) is -1.55. The fourth-order valence-electron chi connectivity index (χ4n) is 3.22. The molecule has 3 rings (SSSR count). The van der Waals surface area contributed by atoms with Crippen molar-refractivity contribution >= 4 is 23.2 Å². The van der Waals surface area contributed by atoms with E-state index in [2.05, 4.69) is 97.9 Å². The van der Waals surface area contributed by atoms with E-state index < -0.39 is 7.26 Å². The van der Waals surface area contributed by atoms with Crippen molar-refractivity contribution < 1.29 is 5.11 Å². The molecule has 1 nitrogen and oxygen atoms in total. The summed E-state index contributed by atoms with van der Waals surface area (Å²) in [5.74, 6) is 0. The van der Waals surface area contributed by atoms with Crippen LogP contribution in [-0.4, -0.2) is 12.8 Å². The summed E-state index contributed by atoms with van der Waals surface area (Å²) in [6, 6.07) is 33.2. The van der Waals surface area contributed by atoms with Gasteiger partial charge in [0.1, 0.15) is 23.2 Å². The van der Waals surface area contributed by atoms with Crippen molar-refractivity contribution in [1.82, 2.24) is 0 Å². The second-order valence-corrected chi connectivity index (χ2v) is 9.44. The van der Waals surface area contributed by atoms with E-state index in [4.69, 9.17) is 5.11 Å². The monoisotopic (exact) mass is 350 g/mol. The van der Waals surface area contributed by atoms with Gasteiger partial charge >= 0.3 is 0 Å². The minimum absolute atomic E-state index is 0. The molecule has 0 atom stereocenters. The first-order chi connectivity index (χ1) is 12.3. The van der Waals surface area contributed by atoms with Crippen LogP contribution in [0, 0.1) is 0 Å². The summed E-state index contributed by atoms with van der Waals surface area (Å²) in [5, 5.41) is 13.4. The molecule has 25 heavy (non-hydrogen) atoms. The van der Waals surface area contributed by atoms with Crippen molar-refractivity contribution in [3.05, 3.63) is 91.0 Å². The maximum absolute atomic E-state index is 8.93. The Hall–Kier alpha value is -1.95. The van der Waals surface area contributed by atoms with Crippen molar-refractivity contribution in [2.45, 2.75) is 20.3 Å². The Bertz CT molecular complexity index is 614. The topological polar surface area (TPSA) is 23.1 Å². The summed E-state index contributed by atoms with van der Waals surface area (Å²) in [5.41, 5.74) is 0. The molecule has 0 fully saturated rings. The molecule has 0 bridgehead atoms. The Balaban J connectivity index is 0.000000701. The lowest BCUT2D eigenvalue weighted by atomic mass is 10.4. The van der Waals surface area contributed by atoms with Crippen molar-refractivity contribution in [3.8, 4) is 0 Å². The molecule has 130 valence electrons. The fourth-order valence-corrected chi connectivity index (χ4v) is 7.60.